The summed E-state index contributed by atoms with van der Waals surface area (Å²) in [5.41, 5.74) is 24.7. The van der Waals surface area contributed by atoms with Crippen LogP contribution >= 0.6 is 0 Å². The van der Waals surface area contributed by atoms with Gasteiger partial charge in [-0.3, -0.25) is 0 Å². The van der Waals surface area contributed by atoms with Crippen LogP contribution in [0.3, 0.4) is 0 Å². The quantitative estimate of drug-likeness (QED) is 0.0266. The molecule has 0 fully saturated rings. The molecule has 2 aliphatic rings. The fourth-order valence-electron chi connectivity index (χ4n) is 13.5. The molecule has 0 unspecified atom stereocenters. The molecule has 9 heteroatoms. The lowest BCUT2D eigenvalue weighted by molar-refractivity contribution is 0.664. The number of aryl methyl sites for hydroxylation is 7. The maximum Gasteiger partial charge on any atom is 0.165 e. The van der Waals surface area contributed by atoms with Crippen LogP contribution in [0.5, 0.6) is 0 Å². The minimum absolute atomic E-state index is 0.688. The first-order valence-corrected chi connectivity index (χ1v) is 34.0. The van der Waals surface area contributed by atoms with Crippen LogP contribution in [0.2, 0.25) is 0 Å². The highest BCUT2D eigenvalue weighted by Crippen LogP contribution is 2.45. The Morgan fingerprint density at radius 1 is 0.253 bits per heavy atom. The van der Waals surface area contributed by atoms with Gasteiger partial charge in [-0.25, -0.2) is 29.9 Å². The van der Waals surface area contributed by atoms with Crippen LogP contribution in [0, 0.1) is 0 Å². The molecule has 8 bridgehead atoms. The van der Waals surface area contributed by atoms with Gasteiger partial charge in [0.1, 0.15) is 22.6 Å². The highest BCUT2D eigenvalue weighted by atomic mass is 15.1. The van der Waals surface area contributed by atoms with Crippen LogP contribution in [0.4, 0.5) is 5.69 Å². The van der Waals surface area contributed by atoms with Crippen molar-refractivity contribution in [2.75, 3.05) is 5.73 Å². The summed E-state index contributed by atoms with van der Waals surface area (Å²) < 4.78 is 0. The van der Waals surface area contributed by atoms with Gasteiger partial charge in [0.25, 0.3) is 0 Å². The second-order valence-electron chi connectivity index (χ2n) is 24.7. The van der Waals surface area contributed by atoms with Gasteiger partial charge in [-0.15, -0.1) is 0 Å². The van der Waals surface area contributed by atoms with E-state index in [9.17, 15) is 0 Å². The number of H-pyrrole nitrogens is 2. The molecule has 4 aromatic carbocycles. The zero-order chi connectivity index (χ0) is 57.9. The third-order valence-electron chi connectivity index (χ3n) is 18.2. The van der Waals surface area contributed by atoms with Crippen molar-refractivity contribution in [2.45, 2.75) is 273 Å². The first kappa shape index (κ1) is 61.6. The summed E-state index contributed by atoms with van der Waals surface area (Å²) in [7, 11) is 0. The van der Waals surface area contributed by atoms with Crippen molar-refractivity contribution in [3.8, 4) is 45.6 Å². The van der Waals surface area contributed by atoms with Gasteiger partial charge in [0.2, 0.25) is 0 Å². The summed E-state index contributed by atoms with van der Waals surface area (Å²) in [6, 6.07) is 18.8. The SMILES string of the molecule is CCCCCCc1ccc(CCCCCC)c2c1-c1nc-2nc2[nH]c(nc3nc(nc4[nH]c(n1)c1c(N)ccc(CCCCCC)c41)-c1c(CCCCCC)ccc(CCCCCC)c1-3)c1c(CCCCCC)ccc(CCCCCC)c21. The topological polar surface area (TPSA) is 135 Å². The van der Waals surface area contributed by atoms with Crippen molar-refractivity contribution in [3.63, 3.8) is 0 Å². The van der Waals surface area contributed by atoms with Gasteiger partial charge in [-0.05, 0) is 135 Å². The predicted molar refractivity (Wildman–Crippen MR) is 355 cm³/mol. The second kappa shape index (κ2) is 31.3. The number of nitrogens with two attached hydrogens (primary N) is 1. The molecule has 7 aromatic rings. The lowest BCUT2D eigenvalue weighted by Gasteiger charge is -2.13. The molecule has 9 rings (SSSR count). The van der Waals surface area contributed by atoms with Crippen molar-refractivity contribution in [2.24, 2.45) is 0 Å². The maximum absolute atomic E-state index is 7.28. The van der Waals surface area contributed by atoms with Crippen molar-refractivity contribution in [3.05, 3.63) is 87.5 Å². The van der Waals surface area contributed by atoms with Crippen LogP contribution in [0.1, 0.15) is 267 Å². The zero-order valence-electron chi connectivity index (χ0n) is 52.6. The lowest BCUT2D eigenvalue weighted by Crippen LogP contribution is -1.98. The van der Waals surface area contributed by atoms with Crippen molar-refractivity contribution < 1.29 is 0 Å². The smallest absolute Gasteiger partial charge is 0.165 e. The number of anilines is 1. The van der Waals surface area contributed by atoms with Gasteiger partial charge in [0, 0.05) is 44.1 Å². The lowest BCUT2D eigenvalue weighted by atomic mass is 9.91. The fraction of sp³-hybridized carbons (Fsp3) is 0.568. The number of hydrogen-bond acceptors (Lipinski definition) is 7. The third-order valence-corrected chi connectivity index (χ3v) is 18.2. The summed E-state index contributed by atoms with van der Waals surface area (Å²) in [6.45, 7) is 16.1. The van der Waals surface area contributed by atoms with E-state index in [4.69, 9.17) is 35.6 Å². The highest BCUT2D eigenvalue weighted by Gasteiger charge is 2.30. The standard InChI is InChI=1S/C74H103N9/c1-8-15-22-29-36-51-43-44-52(37-30-23-16-9-2)60-59(51)67-76-68(60)78-70-63-55(40-33-26-19-12-5)47-48-56(41-34-27-20-13-6)64(63)72(80-70)82-74-66-58(75)50-49-57(42-35-28-21-14-7)65(66)73(83-74)81-71-62-54(39-32-25-18-11-4)46-45-53(38-31-24-17-10-3)61(62)69(77-67)79-71/h43-50H,8-42,75H2,1-7H3,(H2,76,77,78,79,80,81,82,83). The third kappa shape index (κ3) is 14.8. The molecule has 0 radical (unpaired) electrons. The van der Waals surface area contributed by atoms with E-state index in [1.807, 2.05) is 0 Å². The van der Waals surface area contributed by atoms with Gasteiger partial charge in [0.15, 0.2) is 23.3 Å². The predicted octanol–water partition coefficient (Wildman–Crippen LogP) is 21.3. The Kier molecular flexibility index (Phi) is 23.2. The van der Waals surface area contributed by atoms with Crippen LogP contribution in [0.15, 0.2) is 48.5 Å². The van der Waals surface area contributed by atoms with E-state index in [1.165, 1.54) is 185 Å². The number of aromatic amines is 2. The highest BCUT2D eigenvalue weighted by molar-refractivity contribution is 6.13. The Balaban J connectivity index is 1.46. The summed E-state index contributed by atoms with van der Waals surface area (Å²) >= 11 is 0. The molecular weight excluding hydrogens is 1010 g/mol. The number of hydrogen-bond donors (Lipinski definition) is 3. The largest absolute Gasteiger partial charge is 0.398 e. The van der Waals surface area contributed by atoms with Gasteiger partial charge in [-0.2, -0.15) is 0 Å². The molecule has 9 nitrogen and oxygen atoms in total. The number of nitrogens with zero attached hydrogens (tertiary/aromatic N) is 6. The fourth-order valence-corrected chi connectivity index (χ4v) is 13.5. The average molecular weight is 1120 g/mol. The number of rotatable bonds is 35. The normalized spacial score (nSPS) is 12.1. The van der Waals surface area contributed by atoms with Crippen molar-refractivity contribution in [1.29, 1.82) is 0 Å². The molecule has 0 amide bonds. The molecule has 0 saturated carbocycles. The van der Waals surface area contributed by atoms with E-state index in [-0.39, 0.29) is 0 Å². The van der Waals surface area contributed by atoms with E-state index in [0.717, 1.165) is 157 Å². The summed E-state index contributed by atoms with van der Waals surface area (Å²) in [5.74, 6) is 2.90. The Labute approximate surface area is 499 Å². The molecule has 444 valence electrons. The molecule has 4 N–H and O–H groups in total. The first-order chi connectivity index (χ1) is 40.8. The Hall–Kier alpha value is -5.96. The molecule has 83 heavy (non-hydrogen) atoms. The molecule has 0 aliphatic carbocycles. The average Bonchev–Trinajstić information content (AvgIpc) is 2.63. The molecule has 0 atom stereocenters. The Morgan fingerprint density at radius 2 is 0.470 bits per heavy atom. The van der Waals surface area contributed by atoms with Crippen molar-refractivity contribution in [1.82, 2.24) is 39.9 Å². The molecule has 2 aliphatic heterocycles. The van der Waals surface area contributed by atoms with Crippen LogP contribution in [0.25, 0.3) is 89.7 Å². The van der Waals surface area contributed by atoms with Gasteiger partial charge in [0.05, 0.1) is 5.39 Å². The minimum Gasteiger partial charge on any atom is -0.398 e. The van der Waals surface area contributed by atoms with Crippen molar-refractivity contribution >= 4 is 49.8 Å². The maximum atomic E-state index is 7.28. The summed E-state index contributed by atoms with van der Waals surface area (Å²) in [5, 5.41) is 4.32. The van der Waals surface area contributed by atoms with Crippen LogP contribution < -0.4 is 5.73 Å². The van der Waals surface area contributed by atoms with Crippen LogP contribution in [-0.4, -0.2) is 39.9 Å². The second-order valence-corrected chi connectivity index (χ2v) is 24.7. The number of fused-ring (bicyclic) bond motifs is 20. The molecule has 3 aromatic heterocycles. The van der Waals surface area contributed by atoms with E-state index in [2.05, 4.69) is 107 Å². The molecule has 0 saturated heterocycles. The molecule has 0 spiro atoms. The van der Waals surface area contributed by atoms with Crippen LogP contribution in [-0.2, 0) is 44.9 Å². The number of unbranched alkanes of at least 4 members (excludes halogenated alkanes) is 21. The van der Waals surface area contributed by atoms with Gasteiger partial charge < -0.3 is 15.7 Å². The first-order valence-electron chi connectivity index (χ1n) is 34.0. The minimum atomic E-state index is 0.688. The number of benzene rings is 4. The Bertz CT molecular complexity index is 3390. The summed E-state index contributed by atoms with van der Waals surface area (Å²) in [6.07, 6.45) is 39.8. The van der Waals surface area contributed by atoms with Gasteiger partial charge in [-0.1, -0.05) is 226 Å². The monoisotopic (exact) mass is 1120 g/mol. The van der Waals surface area contributed by atoms with E-state index in [1.54, 1.807) is 0 Å². The molecular formula is C74H103N9. The van der Waals surface area contributed by atoms with E-state index < -0.39 is 0 Å². The number of nitrogen functional groups attached to an aromatic ring is 1. The van der Waals surface area contributed by atoms with Gasteiger partial charge >= 0.3 is 0 Å². The Morgan fingerprint density at radius 3 is 0.735 bits per heavy atom. The number of nitrogens with one attached hydrogen (secondary N) is 2. The van der Waals surface area contributed by atoms with E-state index in [0.29, 0.717) is 17.2 Å². The molecule has 5 heterocycles. The summed E-state index contributed by atoms with van der Waals surface area (Å²) in [4.78, 5) is 42.9. The number of aromatic nitrogens is 8. The zero-order valence-corrected chi connectivity index (χ0v) is 52.6. The van der Waals surface area contributed by atoms with E-state index >= 15 is 0 Å².